The quantitative estimate of drug-likeness (QED) is 0.401. The summed E-state index contributed by atoms with van der Waals surface area (Å²) in [4.78, 5) is 8.53. The molecule has 33 heavy (non-hydrogen) atoms. The van der Waals surface area contributed by atoms with E-state index in [1.165, 1.54) is 5.56 Å². The molecule has 2 aromatic carbocycles. The average molecular weight is 485 g/mol. The van der Waals surface area contributed by atoms with Crippen LogP contribution in [0.25, 0.3) is 11.3 Å². The fourth-order valence-electron chi connectivity index (χ4n) is 4.40. The molecule has 0 bridgehead atoms. The maximum atomic E-state index is 6.36. The monoisotopic (exact) mass is 484 g/mol. The molecule has 7 heteroatoms. The summed E-state index contributed by atoms with van der Waals surface area (Å²) >= 11 is 7.67. The third kappa shape index (κ3) is 5.47. The summed E-state index contributed by atoms with van der Waals surface area (Å²) in [6.45, 7) is 7.35. The first-order chi connectivity index (χ1) is 16.2. The van der Waals surface area contributed by atoms with E-state index in [-0.39, 0.29) is 0 Å². The Morgan fingerprint density at radius 1 is 0.939 bits per heavy atom. The molecule has 174 valence electrons. The van der Waals surface area contributed by atoms with Gasteiger partial charge in [-0.1, -0.05) is 35.9 Å². The van der Waals surface area contributed by atoms with Crippen molar-refractivity contribution in [2.24, 2.45) is 0 Å². The SMILES string of the molecule is CC(c1ccc(-c2nc(C3CCOCC3)oc2Sc2ccc(Cl)cc2)cc1)N1CCOCC1. The molecule has 5 nitrogen and oxygen atoms in total. The van der Waals surface area contributed by atoms with Crippen LogP contribution >= 0.6 is 23.4 Å². The zero-order valence-corrected chi connectivity index (χ0v) is 20.4. The van der Waals surface area contributed by atoms with Crippen LogP contribution in [0.1, 0.15) is 43.2 Å². The van der Waals surface area contributed by atoms with Crippen molar-refractivity contribution in [1.82, 2.24) is 9.88 Å². The number of halogens is 1. The standard InChI is InChI=1S/C26H29ClN2O3S/c1-18(29-12-16-31-17-13-29)19-2-4-20(5-3-19)24-26(33-23-8-6-22(27)7-9-23)32-25(28-24)21-10-14-30-15-11-21/h2-9,18,21H,10-17H2,1H3. The van der Waals surface area contributed by atoms with Gasteiger partial charge in [0.15, 0.2) is 11.0 Å². The molecule has 0 radical (unpaired) electrons. The highest BCUT2D eigenvalue weighted by Gasteiger charge is 2.25. The van der Waals surface area contributed by atoms with Crippen LogP contribution in [0, 0.1) is 0 Å². The zero-order chi connectivity index (χ0) is 22.6. The molecule has 0 N–H and O–H groups in total. The highest BCUT2D eigenvalue weighted by molar-refractivity contribution is 7.99. The van der Waals surface area contributed by atoms with Gasteiger partial charge in [0.05, 0.1) is 13.2 Å². The van der Waals surface area contributed by atoms with Gasteiger partial charge in [-0.2, -0.15) is 0 Å². The molecule has 1 unspecified atom stereocenters. The van der Waals surface area contributed by atoms with E-state index >= 15 is 0 Å². The molecule has 1 atom stereocenters. The summed E-state index contributed by atoms with van der Waals surface area (Å²) in [5.41, 5.74) is 3.29. The molecule has 2 aliphatic rings. The molecule has 3 heterocycles. The van der Waals surface area contributed by atoms with E-state index in [4.69, 9.17) is 30.5 Å². The second-order valence-electron chi connectivity index (χ2n) is 8.58. The van der Waals surface area contributed by atoms with Crippen molar-refractivity contribution in [3.63, 3.8) is 0 Å². The van der Waals surface area contributed by atoms with E-state index in [2.05, 4.69) is 36.1 Å². The molecule has 3 aromatic rings. The summed E-state index contributed by atoms with van der Waals surface area (Å²) in [6.07, 6.45) is 1.89. The lowest BCUT2D eigenvalue weighted by atomic mass is 10.0. The smallest absolute Gasteiger partial charge is 0.199 e. The topological polar surface area (TPSA) is 47.7 Å². The Kier molecular flexibility index (Phi) is 7.38. The minimum absolute atomic E-state index is 0.303. The van der Waals surface area contributed by atoms with Gasteiger partial charge in [-0.15, -0.1) is 0 Å². The van der Waals surface area contributed by atoms with Gasteiger partial charge in [-0.3, -0.25) is 4.90 Å². The van der Waals surface area contributed by atoms with Crippen LogP contribution < -0.4 is 0 Å². The number of morpholine rings is 1. The molecular formula is C26H29ClN2O3S. The Bertz CT molecular complexity index is 1040. The lowest BCUT2D eigenvalue weighted by Crippen LogP contribution is -2.37. The summed E-state index contributed by atoms with van der Waals surface area (Å²) in [6, 6.07) is 17.0. The number of hydrogen-bond acceptors (Lipinski definition) is 6. The summed E-state index contributed by atoms with van der Waals surface area (Å²) in [7, 11) is 0. The first-order valence-corrected chi connectivity index (χ1v) is 12.8. The van der Waals surface area contributed by atoms with Gasteiger partial charge in [0.1, 0.15) is 5.69 Å². The van der Waals surface area contributed by atoms with Gasteiger partial charge in [0.2, 0.25) is 0 Å². The summed E-state index contributed by atoms with van der Waals surface area (Å²) in [5.74, 6) is 1.12. The van der Waals surface area contributed by atoms with Gasteiger partial charge < -0.3 is 13.9 Å². The maximum Gasteiger partial charge on any atom is 0.199 e. The van der Waals surface area contributed by atoms with E-state index in [1.807, 2.05) is 24.3 Å². The molecule has 2 aliphatic heterocycles. The van der Waals surface area contributed by atoms with E-state index in [0.29, 0.717) is 12.0 Å². The van der Waals surface area contributed by atoms with Crippen LogP contribution in [-0.4, -0.2) is 49.4 Å². The van der Waals surface area contributed by atoms with Crippen LogP contribution in [0.3, 0.4) is 0 Å². The predicted octanol–water partition coefficient (Wildman–Crippen LogP) is 6.43. The minimum atomic E-state index is 0.303. The molecule has 0 spiro atoms. The van der Waals surface area contributed by atoms with Crippen LogP contribution in [0.2, 0.25) is 5.02 Å². The minimum Gasteiger partial charge on any atom is -0.433 e. The van der Waals surface area contributed by atoms with Crippen molar-refractivity contribution in [1.29, 1.82) is 0 Å². The van der Waals surface area contributed by atoms with Crippen molar-refractivity contribution in [2.75, 3.05) is 39.5 Å². The van der Waals surface area contributed by atoms with Gasteiger partial charge >= 0.3 is 0 Å². The molecule has 0 saturated carbocycles. The number of oxazole rings is 1. The molecule has 0 aliphatic carbocycles. The van der Waals surface area contributed by atoms with Crippen molar-refractivity contribution in [3.05, 3.63) is 65.0 Å². The number of aromatic nitrogens is 1. The fraction of sp³-hybridized carbons (Fsp3) is 0.423. The highest BCUT2D eigenvalue weighted by atomic mass is 35.5. The first kappa shape index (κ1) is 22.9. The Hall–Kier alpha value is -1.83. The fourth-order valence-corrected chi connectivity index (χ4v) is 5.40. The van der Waals surface area contributed by atoms with Crippen molar-refractivity contribution in [2.45, 2.75) is 41.7 Å². The second kappa shape index (κ2) is 10.6. The van der Waals surface area contributed by atoms with Crippen molar-refractivity contribution in [3.8, 4) is 11.3 Å². The third-order valence-electron chi connectivity index (χ3n) is 6.47. The van der Waals surface area contributed by atoms with Crippen LogP contribution in [0.15, 0.2) is 62.9 Å². The molecule has 2 saturated heterocycles. The lowest BCUT2D eigenvalue weighted by Gasteiger charge is -2.32. The van der Waals surface area contributed by atoms with Gasteiger partial charge in [-0.25, -0.2) is 4.98 Å². The lowest BCUT2D eigenvalue weighted by molar-refractivity contribution is 0.0198. The zero-order valence-electron chi connectivity index (χ0n) is 18.8. The van der Waals surface area contributed by atoms with E-state index in [9.17, 15) is 0 Å². The van der Waals surface area contributed by atoms with Gasteiger partial charge in [-0.05, 0) is 61.4 Å². The van der Waals surface area contributed by atoms with Gasteiger partial charge in [0.25, 0.3) is 0 Å². The molecule has 1 aromatic heterocycles. The Morgan fingerprint density at radius 3 is 2.30 bits per heavy atom. The first-order valence-electron chi connectivity index (χ1n) is 11.6. The Balaban J connectivity index is 1.42. The number of ether oxygens (including phenoxy) is 2. The number of benzene rings is 2. The normalized spacial score (nSPS) is 19.0. The molecule has 2 fully saturated rings. The Morgan fingerprint density at radius 2 is 1.61 bits per heavy atom. The van der Waals surface area contributed by atoms with Crippen LogP contribution in [-0.2, 0) is 9.47 Å². The van der Waals surface area contributed by atoms with Crippen LogP contribution in [0.4, 0.5) is 0 Å². The molecule has 5 rings (SSSR count). The van der Waals surface area contributed by atoms with Crippen LogP contribution in [0.5, 0.6) is 0 Å². The van der Waals surface area contributed by atoms with Gasteiger partial charge in [0, 0.05) is 53.7 Å². The van der Waals surface area contributed by atoms with Crippen molar-refractivity contribution < 1.29 is 13.9 Å². The number of nitrogens with zero attached hydrogens (tertiary/aromatic N) is 2. The van der Waals surface area contributed by atoms with E-state index in [0.717, 1.165) is 84.5 Å². The van der Waals surface area contributed by atoms with Crippen molar-refractivity contribution >= 4 is 23.4 Å². The summed E-state index contributed by atoms with van der Waals surface area (Å²) < 4.78 is 17.4. The second-order valence-corrected chi connectivity index (χ2v) is 10.1. The van der Waals surface area contributed by atoms with E-state index < -0.39 is 0 Å². The molecular weight excluding hydrogens is 456 g/mol. The number of hydrogen-bond donors (Lipinski definition) is 0. The third-order valence-corrected chi connectivity index (χ3v) is 7.69. The summed E-state index contributed by atoms with van der Waals surface area (Å²) in [5, 5.41) is 1.55. The Labute approximate surface area is 204 Å². The number of rotatable bonds is 6. The highest BCUT2D eigenvalue weighted by Crippen LogP contribution is 2.40. The molecule has 0 amide bonds. The largest absolute Gasteiger partial charge is 0.433 e. The average Bonchev–Trinajstić information content (AvgIpc) is 3.30. The maximum absolute atomic E-state index is 6.36. The van der Waals surface area contributed by atoms with E-state index in [1.54, 1.807) is 11.8 Å². The predicted molar refractivity (Wildman–Crippen MR) is 131 cm³/mol.